The maximum Gasteiger partial charge on any atom is 0.240 e. The lowest BCUT2D eigenvalue weighted by Crippen LogP contribution is -2.51. The first-order valence-electron chi connectivity index (χ1n) is 6.37. The third kappa shape index (κ3) is 2.37. The number of amides is 1. The Morgan fingerprint density at radius 1 is 1.56 bits per heavy atom. The Labute approximate surface area is 111 Å². The summed E-state index contributed by atoms with van der Waals surface area (Å²) in [4.78, 5) is 18.7. The van der Waals surface area contributed by atoms with Crippen LogP contribution in [0.5, 0.6) is 0 Å². The van der Waals surface area contributed by atoms with Crippen molar-refractivity contribution in [3.8, 4) is 0 Å². The molecule has 4 nitrogen and oxygen atoms in total. The summed E-state index contributed by atoms with van der Waals surface area (Å²) in [6.45, 7) is 2.45. The first kappa shape index (κ1) is 12.0. The smallest absolute Gasteiger partial charge is 0.240 e. The maximum atomic E-state index is 12.4. The van der Waals surface area contributed by atoms with Gasteiger partial charge in [0.25, 0.3) is 0 Å². The zero-order valence-electron chi connectivity index (χ0n) is 10.3. The summed E-state index contributed by atoms with van der Waals surface area (Å²) in [7, 11) is 0. The lowest BCUT2D eigenvalue weighted by atomic mass is 10.1. The molecule has 0 aromatic carbocycles. The maximum absolute atomic E-state index is 12.4. The van der Waals surface area contributed by atoms with Gasteiger partial charge < -0.3 is 10.2 Å². The van der Waals surface area contributed by atoms with Crippen molar-refractivity contribution in [2.45, 2.75) is 19.0 Å². The normalized spacial score (nSPS) is 23.6. The molecule has 1 fully saturated rings. The second kappa shape index (κ2) is 5.28. The number of hydrogen-bond donors (Lipinski definition) is 1. The van der Waals surface area contributed by atoms with Gasteiger partial charge in [0.1, 0.15) is 0 Å². The van der Waals surface area contributed by atoms with Crippen molar-refractivity contribution in [3.05, 3.63) is 29.6 Å². The van der Waals surface area contributed by atoms with E-state index in [-0.39, 0.29) is 11.9 Å². The van der Waals surface area contributed by atoms with E-state index in [1.165, 1.54) is 5.56 Å². The Morgan fingerprint density at radius 2 is 2.50 bits per heavy atom. The third-order valence-electron chi connectivity index (χ3n) is 3.50. The zero-order chi connectivity index (χ0) is 12.4. The van der Waals surface area contributed by atoms with Gasteiger partial charge in [0.2, 0.25) is 5.91 Å². The van der Waals surface area contributed by atoms with Gasteiger partial charge in [0.15, 0.2) is 0 Å². The average molecular weight is 263 g/mol. The van der Waals surface area contributed by atoms with Crippen molar-refractivity contribution >= 4 is 17.7 Å². The second-order valence-electron chi connectivity index (χ2n) is 4.70. The lowest BCUT2D eigenvalue weighted by Gasteiger charge is -2.32. The van der Waals surface area contributed by atoms with Crippen molar-refractivity contribution in [1.82, 2.24) is 15.2 Å². The number of rotatable bonds is 1. The van der Waals surface area contributed by atoms with Gasteiger partial charge >= 0.3 is 0 Å². The van der Waals surface area contributed by atoms with Crippen LogP contribution in [0.3, 0.4) is 0 Å². The molecule has 0 bridgehead atoms. The molecule has 2 aliphatic heterocycles. The number of carbonyl (C=O) groups excluding carboxylic acids is 1. The molecule has 3 rings (SSSR count). The Kier molecular flexibility index (Phi) is 3.52. The standard InChI is InChI=1S/C13H17N3OS/c17-13(12-9-18-7-5-15-12)16-6-3-11-10(8-16)2-1-4-14-11/h1-2,4,12,15H,3,5-9H2. The van der Waals surface area contributed by atoms with Crippen LogP contribution in [-0.2, 0) is 17.8 Å². The predicted octanol–water partition coefficient (Wildman–Crippen LogP) is 0.671. The Bertz CT molecular complexity index is 446. The van der Waals surface area contributed by atoms with Crippen LogP contribution in [0.2, 0.25) is 0 Å². The quantitative estimate of drug-likeness (QED) is 0.809. The molecule has 0 radical (unpaired) electrons. The van der Waals surface area contributed by atoms with Crippen molar-refractivity contribution in [3.63, 3.8) is 0 Å². The molecule has 18 heavy (non-hydrogen) atoms. The fourth-order valence-corrected chi connectivity index (χ4v) is 3.42. The summed E-state index contributed by atoms with van der Waals surface area (Å²) in [5.41, 5.74) is 2.34. The van der Waals surface area contributed by atoms with E-state index < -0.39 is 0 Å². The molecule has 96 valence electrons. The summed E-state index contributed by atoms with van der Waals surface area (Å²) in [6, 6.07) is 4.02. The molecule has 0 saturated carbocycles. The molecule has 1 amide bonds. The number of aromatic nitrogens is 1. The summed E-state index contributed by atoms with van der Waals surface area (Å²) >= 11 is 1.86. The van der Waals surface area contributed by atoms with Gasteiger partial charge in [-0.15, -0.1) is 0 Å². The van der Waals surface area contributed by atoms with E-state index in [0.29, 0.717) is 6.54 Å². The first-order valence-corrected chi connectivity index (χ1v) is 7.53. The molecular weight excluding hydrogens is 246 g/mol. The van der Waals surface area contributed by atoms with E-state index in [0.717, 1.165) is 36.7 Å². The highest BCUT2D eigenvalue weighted by molar-refractivity contribution is 7.99. The SMILES string of the molecule is O=C(C1CSCCN1)N1CCc2ncccc2C1. The topological polar surface area (TPSA) is 45.2 Å². The van der Waals surface area contributed by atoms with Gasteiger partial charge in [-0.2, -0.15) is 11.8 Å². The monoisotopic (exact) mass is 263 g/mol. The summed E-state index contributed by atoms with van der Waals surface area (Å²) < 4.78 is 0. The van der Waals surface area contributed by atoms with E-state index in [9.17, 15) is 4.79 Å². The van der Waals surface area contributed by atoms with E-state index in [1.54, 1.807) is 0 Å². The van der Waals surface area contributed by atoms with Gasteiger partial charge in [0, 0.05) is 49.5 Å². The van der Waals surface area contributed by atoms with Crippen molar-refractivity contribution in [2.24, 2.45) is 0 Å². The minimum absolute atomic E-state index is 0.00183. The van der Waals surface area contributed by atoms with Crippen LogP contribution >= 0.6 is 11.8 Å². The highest BCUT2D eigenvalue weighted by Crippen LogP contribution is 2.18. The fourth-order valence-electron chi connectivity index (χ4n) is 2.50. The molecule has 0 spiro atoms. The van der Waals surface area contributed by atoms with E-state index in [2.05, 4.69) is 16.4 Å². The molecule has 1 atom stereocenters. The lowest BCUT2D eigenvalue weighted by molar-refractivity contribution is -0.133. The summed E-state index contributed by atoms with van der Waals surface area (Å²) in [5, 5.41) is 3.31. The summed E-state index contributed by atoms with van der Waals surface area (Å²) in [6.07, 6.45) is 2.71. The highest BCUT2D eigenvalue weighted by atomic mass is 32.2. The Balaban J connectivity index is 1.69. The number of hydrogen-bond acceptors (Lipinski definition) is 4. The van der Waals surface area contributed by atoms with Crippen LogP contribution in [0, 0.1) is 0 Å². The number of nitrogens with one attached hydrogen (secondary N) is 1. The van der Waals surface area contributed by atoms with Crippen molar-refractivity contribution in [1.29, 1.82) is 0 Å². The number of thioether (sulfide) groups is 1. The molecule has 1 N–H and O–H groups in total. The number of pyridine rings is 1. The molecule has 1 saturated heterocycles. The van der Waals surface area contributed by atoms with E-state index >= 15 is 0 Å². The van der Waals surface area contributed by atoms with Crippen LogP contribution in [0.25, 0.3) is 0 Å². The molecule has 1 unspecified atom stereocenters. The minimum Gasteiger partial charge on any atom is -0.337 e. The molecular formula is C13H17N3OS. The Hall–Kier alpha value is -1.07. The first-order chi connectivity index (χ1) is 8.84. The van der Waals surface area contributed by atoms with Crippen LogP contribution in [-0.4, -0.2) is 46.4 Å². The van der Waals surface area contributed by atoms with Gasteiger partial charge in [-0.25, -0.2) is 0 Å². The van der Waals surface area contributed by atoms with E-state index in [4.69, 9.17) is 0 Å². The van der Waals surface area contributed by atoms with Gasteiger partial charge in [0.05, 0.1) is 6.04 Å². The van der Waals surface area contributed by atoms with Crippen LogP contribution in [0.4, 0.5) is 0 Å². The number of fused-ring (bicyclic) bond motifs is 1. The van der Waals surface area contributed by atoms with E-state index in [1.807, 2.05) is 28.9 Å². The van der Waals surface area contributed by atoms with Crippen molar-refractivity contribution < 1.29 is 4.79 Å². The largest absolute Gasteiger partial charge is 0.337 e. The minimum atomic E-state index is 0.00183. The molecule has 3 heterocycles. The second-order valence-corrected chi connectivity index (χ2v) is 5.85. The molecule has 1 aromatic heterocycles. The van der Waals surface area contributed by atoms with Gasteiger partial charge in [-0.3, -0.25) is 9.78 Å². The number of carbonyl (C=O) groups is 1. The van der Waals surface area contributed by atoms with Crippen LogP contribution in [0.15, 0.2) is 18.3 Å². The fraction of sp³-hybridized carbons (Fsp3) is 0.538. The molecule has 2 aliphatic rings. The molecule has 5 heteroatoms. The van der Waals surface area contributed by atoms with Gasteiger partial charge in [-0.05, 0) is 11.6 Å². The zero-order valence-corrected chi connectivity index (χ0v) is 11.1. The van der Waals surface area contributed by atoms with Gasteiger partial charge in [-0.1, -0.05) is 6.07 Å². The number of nitrogens with zero attached hydrogens (tertiary/aromatic N) is 2. The van der Waals surface area contributed by atoms with Crippen LogP contribution in [0.1, 0.15) is 11.3 Å². The van der Waals surface area contributed by atoms with Crippen LogP contribution < -0.4 is 5.32 Å². The highest BCUT2D eigenvalue weighted by Gasteiger charge is 2.28. The predicted molar refractivity (Wildman–Crippen MR) is 72.5 cm³/mol. The molecule has 0 aliphatic carbocycles. The third-order valence-corrected chi connectivity index (χ3v) is 4.56. The Morgan fingerprint density at radius 3 is 3.33 bits per heavy atom. The average Bonchev–Trinajstić information content (AvgIpc) is 2.47. The summed E-state index contributed by atoms with van der Waals surface area (Å²) in [5.74, 6) is 2.25. The molecule has 1 aromatic rings. The van der Waals surface area contributed by atoms with Crippen molar-refractivity contribution in [2.75, 3.05) is 24.6 Å².